The Morgan fingerprint density at radius 3 is 2.64 bits per heavy atom. The number of halogens is 1. The van der Waals surface area contributed by atoms with E-state index >= 15 is 0 Å². The van der Waals surface area contributed by atoms with Crippen LogP contribution in [-0.2, 0) is 0 Å². The van der Waals surface area contributed by atoms with Gasteiger partial charge in [0.2, 0.25) is 0 Å². The van der Waals surface area contributed by atoms with Crippen molar-refractivity contribution in [2.24, 2.45) is 0 Å². The maximum Gasteiger partial charge on any atom is 0.141 e. The lowest BCUT2D eigenvalue weighted by atomic mass is 10.0. The molecule has 14 heavy (non-hydrogen) atoms. The van der Waals surface area contributed by atoms with Gasteiger partial charge in [-0.25, -0.2) is 0 Å². The normalized spacial score (nSPS) is 17.9. The molecule has 0 saturated carbocycles. The van der Waals surface area contributed by atoms with Gasteiger partial charge in [0.05, 0.1) is 11.6 Å². The highest BCUT2D eigenvalue weighted by Gasteiger charge is 2.22. The zero-order valence-electron chi connectivity index (χ0n) is 9.23. The Bertz CT molecular complexity index is 320. The predicted molar refractivity (Wildman–Crippen MR) is 61.4 cm³/mol. The summed E-state index contributed by atoms with van der Waals surface area (Å²) in [4.78, 5) is 0. The Balaban J connectivity index is 0.000000461. The maximum atomic E-state index is 6.02. The summed E-state index contributed by atoms with van der Waals surface area (Å²) in [6.45, 7) is 8.97. The highest BCUT2D eigenvalue weighted by atomic mass is 35.5. The van der Waals surface area contributed by atoms with Crippen LogP contribution in [0.1, 0.15) is 37.8 Å². The number of fused-ring (bicyclic) bond motifs is 1. The van der Waals surface area contributed by atoms with E-state index in [1.165, 1.54) is 11.1 Å². The smallest absolute Gasteiger partial charge is 0.141 e. The minimum Gasteiger partial charge on any atom is -0.491 e. The third-order valence-corrected chi connectivity index (χ3v) is 2.51. The molecule has 1 nitrogen and oxygen atoms in total. The number of hydrogen-bond donors (Lipinski definition) is 0. The summed E-state index contributed by atoms with van der Waals surface area (Å²) in [5.74, 6) is 1.37. The SMILES string of the molecule is CC.Cc1cc(Cl)c2c(c1)C(C)CO2. The Labute approximate surface area is 91.0 Å². The molecule has 0 radical (unpaired) electrons. The summed E-state index contributed by atoms with van der Waals surface area (Å²) < 4.78 is 5.46. The first kappa shape index (κ1) is 11.4. The van der Waals surface area contributed by atoms with Gasteiger partial charge in [0.15, 0.2) is 0 Å². The van der Waals surface area contributed by atoms with Gasteiger partial charge in [0.25, 0.3) is 0 Å². The fourth-order valence-corrected chi connectivity index (χ4v) is 1.91. The van der Waals surface area contributed by atoms with Crippen LogP contribution in [0.4, 0.5) is 0 Å². The molecule has 1 aliphatic heterocycles. The molecule has 0 saturated heterocycles. The minimum absolute atomic E-state index is 0.484. The van der Waals surface area contributed by atoms with Crippen molar-refractivity contribution in [2.45, 2.75) is 33.6 Å². The summed E-state index contributed by atoms with van der Waals surface area (Å²) >= 11 is 6.02. The van der Waals surface area contributed by atoms with Crippen LogP contribution in [0.25, 0.3) is 0 Å². The van der Waals surface area contributed by atoms with Gasteiger partial charge in [-0.2, -0.15) is 0 Å². The summed E-state index contributed by atoms with van der Waals surface area (Å²) in [5, 5.41) is 0.745. The van der Waals surface area contributed by atoms with E-state index in [-0.39, 0.29) is 0 Å². The Kier molecular flexibility index (Phi) is 3.82. The van der Waals surface area contributed by atoms with Gasteiger partial charge in [-0.15, -0.1) is 0 Å². The molecule has 1 aromatic rings. The van der Waals surface area contributed by atoms with E-state index in [1.54, 1.807) is 0 Å². The number of aryl methyl sites for hydroxylation is 1. The van der Waals surface area contributed by atoms with Crippen molar-refractivity contribution in [2.75, 3.05) is 6.61 Å². The molecule has 0 fully saturated rings. The molecule has 0 amide bonds. The average molecular weight is 213 g/mol. The van der Waals surface area contributed by atoms with E-state index in [2.05, 4.69) is 19.9 Å². The van der Waals surface area contributed by atoms with Crippen molar-refractivity contribution >= 4 is 11.6 Å². The van der Waals surface area contributed by atoms with Crippen LogP contribution in [0.15, 0.2) is 12.1 Å². The van der Waals surface area contributed by atoms with Gasteiger partial charge in [-0.05, 0) is 18.6 Å². The first-order valence-electron chi connectivity index (χ1n) is 5.11. The summed E-state index contributed by atoms with van der Waals surface area (Å²) in [5.41, 5.74) is 2.45. The van der Waals surface area contributed by atoms with Crippen molar-refractivity contribution in [3.05, 3.63) is 28.3 Å². The first-order valence-corrected chi connectivity index (χ1v) is 5.49. The number of rotatable bonds is 0. The summed E-state index contributed by atoms with van der Waals surface area (Å²) in [6.07, 6.45) is 0. The van der Waals surface area contributed by atoms with Crippen molar-refractivity contribution in [3.63, 3.8) is 0 Å². The fraction of sp³-hybridized carbons (Fsp3) is 0.500. The van der Waals surface area contributed by atoms with Gasteiger partial charge in [0.1, 0.15) is 5.75 Å². The third-order valence-electron chi connectivity index (χ3n) is 2.23. The van der Waals surface area contributed by atoms with E-state index in [0.29, 0.717) is 5.92 Å². The van der Waals surface area contributed by atoms with Crippen LogP contribution in [-0.4, -0.2) is 6.61 Å². The summed E-state index contributed by atoms with van der Waals surface area (Å²) in [6, 6.07) is 4.09. The Morgan fingerprint density at radius 2 is 2.00 bits per heavy atom. The number of ether oxygens (including phenoxy) is 1. The van der Waals surface area contributed by atoms with Gasteiger partial charge >= 0.3 is 0 Å². The molecule has 0 N–H and O–H groups in total. The second kappa shape index (κ2) is 4.70. The van der Waals surface area contributed by atoms with Crippen LogP contribution in [0.3, 0.4) is 0 Å². The maximum absolute atomic E-state index is 6.02. The lowest BCUT2D eigenvalue weighted by Crippen LogP contribution is -1.93. The van der Waals surface area contributed by atoms with E-state index in [1.807, 2.05) is 19.9 Å². The van der Waals surface area contributed by atoms with Crippen molar-refractivity contribution in [1.29, 1.82) is 0 Å². The van der Waals surface area contributed by atoms with Gasteiger partial charge in [-0.3, -0.25) is 0 Å². The van der Waals surface area contributed by atoms with Crippen molar-refractivity contribution < 1.29 is 4.74 Å². The zero-order valence-corrected chi connectivity index (χ0v) is 9.98. The molecule has 0 aromatic heterocycles. The number of hydrogen-bond acceptors (Lipinski definition) is 1. The topological polar surface area (TPSA) is 9.23 Å². The van der Waals surface area contributed by atoms with Gasteiger partial charge in [-0.1, -0.05) is 38.4 Å². The van der Waals surface area contributed by atoms with Crippen LogP contribution in [0.2, 0.25) is 5.02 Å². The van der Waals surface area contributed by atoms with Crippen molar-refractivity contribution in [3.8, 4) is 5.75 Å². The van der Waals surface area contributed by atoms with E-state index in [0.717, 1.165) is 17.4 Å². The van der Waals surface area contributed by atoms with Crippen LogP contribution >= 0.6 is 11.6 Å². The van der Waals surface area contributed by atoms with Crippen LogP contribution < -0.4 is 4.74 Å². The monoisotopic (exact) mass is 212 g/mol. The number of benzene rings is 1. The molecule has 0 bridgehead atoms. The largest absolute Gasteiger partial charge is 0.491 e. The van der Waals surface area contributed by atoms with E-state index in [4.69, 9.17) is 16.3 Å². The second-order valence-corrected chi connectivity index (χ2v) is 3.78. The fourth-order valence-electron chi connectivity index (χ4n) is 1.57. The molecule has 1 heterocycles. The molecule has 78 valence electrons. The molecule has 2 heteroatoms. The quantitative estimate of drug-likeness (QED) is 0.627. The Morgan fingerprint density at radius 1 is 1.36 bits per heavy atom. The van der Waals surface area contributed by atoms with Crippen LogP contribution in [0, 0.1) is 6.92 Å². The van der Waals surface area contributed by atoms with E-state index in [9.17, 15) is 0 Å². The second-order valence-electron chi connectivity index (χ2n) is 3.38. The molecule has 1 aliphatic rings. The molecule has 1 unspecified atom stereocenters. The zero-order chi connectivity index (χ0) is 10.7. The van der Waals surface area contributed by atoms with Gasteiger partial charge < -0.3 is 4.74 Å². The summed E-state index contributed by atoms with van der Waals surface area (Å²) in [7, 11) is 0. The molecular formula is C12H17ClO. The van der Waals surface area contributed by atoms with E-state index < -0.39 is 0 Å². The minimum atomic E-state index is 0.484. The molecular weight excluding hydrogens is 196 g/mol. The van der Waals surface area contributed by atoms with Crippen LogP contribution in [0.5, 0.6) is 5.75 Å². The van der Waals surface area contributed by atoms with Crippen molar-refractivity contribution in [1.82, 2.24) is 0 Å². The highest BCUT2D eigenvalue weighted by Crippen LogP contribution is 2.39. The molecule has 1 aromatic carbocycles. The Hall–Kier alpha value is -0.690. The molecule has 0 spiro atoms. The lowest BCUT2D eigenvalue weighted by molar-refractivity contribution is 0.337. The predicted octanol–water partition coefficient (Wildman–Crippen LogP) is 4.17. The highest BCUT2D eigenvalue weighted by molar-refractivity contribution is 6.32. The third kappa shape index (κ3) is 2.03. The molecule has 0 aliphatic carbocycles. The van der Waals surface area contributed by atoms with Gasteiger partial charge in [0, 0.05) is 11.5 Å². The first-order chi connectivity index (χ1) is 6.68. The molecule has 1 atom stereocenters. The molecule has 2 rings (SSSR count). The standard InChI is InChI=1S/C10H11ClO.C2H6/c1-6-3-8-7(2)5-12-10(8)9(11)4-6;1-2/h3-4,7H,5H2,1-2H3;1-2H3. The average Bonchev–Trinajstić information content (AvgIpc) is 2.52. The lowest BCUT2D eigenvalue weighted by Gasteiger charge is -2.03.